The van der Waals surface area contributed by atoms with E-state index >= 15 is 0 Å². The summed E-state index contributed by atoms with van der Waals surface area (Å²) in [6, 6.07) is 0. The molecule has 0 aliphatic heterocycles. The number of hydrogen-bond acceptors (Lipinski definition) is 2. The van der Waals surface area contributed by atoms with Gasteiger partial charge >= 0.3 is 0 Å². The Labute approximate surface area is 105 Å². The molecular formula is C15H26O2. The fourth-order valence-electron chi connectivity index (χ4n) is 2.45. The van der Waals surface area contributed by atoms with Crippen molar-refractivity contribution < 1.29 is 9.53 Å². The Bertz CT molecular complexity index is 301. The average Bonchev–Trinajstić information content (AvgIpc) is 2.24. The van der Waals surface area contributed by atoms with Gasteiger partial charge in [0.2, 0.25) is 0 Å². The van der Waals surface area contributed by atoms with Crippen molar-refractivity contribution in [1.82, 2.24) is 0 Å². The summed E-state index contributed by atoms with van der Waals surface area (Å²) in [5.41, 5.74) is -0.261. The number of ether oxygens (including phenoxy) is 1. The Morgan fingerprint density at radius 3 is 2.12 bits per heavy atom. The molecule has 0 unspecified atom stereocenters. The van der Waals surface area contributed by atoms with Gasteiger partial charge < -0.3 is 4.74 Å². The molecule has 98 valence electrons. The van der Waals surface area contributed by atoms with E-state index < -0.39 is 0 Å². The maximum atomic E-state index is 12.4. The maximum Gasteiger partial charge on any atom is 0.164 e. The maximum absolute atomic E-state index is 12.4. The monoisotopic (exact) mass is 238 g/mol. The zero-order valence-electron chi connectivity index (χ0n) is 11.9. The van der Waals surface area contributed by atoms with Crippen LogP contribution in [0.5, 0.6) is 0 Å². The van der Waals surface area contributed by atoms with E-state index in [0.29, 0.717) is 0 Å². The Morgan fingerprint density at radius 1 is 1.18 bits per heavy atom. The van der Waals surface area contributed by atoms with Gasteiger partial charge in [-0.3, -0.25) is 4.79 Å². The first-order valence-corrected chi connectivity index (χ1v) is 6.60. The standard InChI is InChI=1S/C15H26O2/c1-14(2,3)13(17-5)11-12(16)15(4)9-7-6-8-10-15/h11H,6-10H2,1-5H3/b13-11-. The van der Waals surface area contributed by atoms with Gasteiger partial charge in [-0.15, -0.1) is 0 Å². The summed E-state index contributed by atoms with van der Waals surface area (Å²) >= 11 is 0. The van der Waals surface area contributed by atoms with Gasteiger partial charge in [-0.25, -0.2) is 0 Å². The van der Waals surface area contributed by atoms with Gasteiger partial charge in [-0.1, -0.05) is 47.0 Å². The first kappa shape index (κ1) is 14.3. The third-order valence-electron chi connectivity index (χ3n) is 3.77. The summed E-state index contributed by atoms with van der Waals surface area (Å²) in [6.45, 7) is 8.30. The molecule has 1 rings (SSSR count). The summed E-state index contributed by atoms with van der Waals surface area (Å²) in [5, 5.41) is 0. The van der Waals surface area contributed by atoms with Gasteiger partial charge in [0, 0.05) is 16.9 Å². The Morgan fingerprint density at radius 2 is 1.71 bits per heavy atom. The van der Waals surface area contributed by atoms with E-state index in [1.807, 2.05) is 0 Å². The van der Waals surface area contributed by atoms with E-state index in [9.17, 15) is 4.79 Å². The summed E-state index contributed by atoms with van der Waals surface area (Å²) in [4.78, 5) is 12.4. The molecule has 0 spiro atoms. The average molecular weight is 238 g/mol. The van der Waals surface area contributed by atoms with Crippen LogP contribution in [0.2, 0.25) is 0 Å². The molecule has 0 radical (unpaired) electrons. The molecule has 2 nitrogen and oxygen atoms in total. The van der Waals surface area contributed by atoms with Gasteiger partial charge in [0.05, 0.1) is 7.11 Å². The number of hydrogen-bond donors (Lipinski definition) is 0. The molecular weight excluding hydrogens is 212 g/mol. The zero-order chi connectivity index (χ0) is 13.1. The van der Waals surface area contributed by atoms with Crippen LogP contribution >= 0.6 is 0 Å². The molecule has 1 fully saturated rings. The molecule has 0 bridgehead atoms. The third kappa shape index (κ3) is 3.58. The topological polar surface area (TPSA) is 26.3 Å². The molecule has 0 aromatic rings. The van der Waals surface area contributed by atoms with Crippen molar-refractivity contribution in [3.63, 3.8) is 0 Å². The van der Waals surface area contributed by atoms with Gasteiger partial charge in [-0.05, 0) is 12.8 Å². The van der Waals surface area contributed by atoms with Crippen LogP contribution < -0.4 is 0 Å². The van der Waals surface area contributed by atoms with Crippen LogP contribution in [0.4, 0.5) is 0 Å². The number of carbonyl (C=O) groups excluding carboxylic acids is 1. The van der Waals surface area contributed by atoms with E-state index in [1.54, 1.807) is 13.2 Å². The minimum Gasteiger partial charge on any atom is -0.500 e. The van der Waals surface area contributed by atoms with Crippen LogP contribution in [0.15, 0.2) is 11.8 Å². The molecule has 0 saturated heterocycles. The SMILES string of the molecule is CO/C(=C\C(=O)C1(C)CCCCC1)C(C)(C)C. The van der Waals surface area contributed by atoms with Crippen molar-refractivity contribution in [2.45, 2.75) is 59.8 Å². The van der Waals surface area contributed by atoms with Crippen molar-refractivity contribution in [1.29, 1.82) is 0 Å². The molecule has 17 heavy (non-hydrogen) atoms. The first-order chi connectivity index (χ1) is 7.79. The second kappa shape index (κ2) is 5.24. The number of allylic oxidation sites excluding steroid dienone is 2. The van der Waals surface area contributed by atoms with E-state index in [1.165, 1.54) is 19.3 Å². The Balaban J connectivity index is 2.85. The minimum absolute atomic E-state index is 0.102. The second-order valence-electron chi connectivity index (χ2n) is 6.45. The predicted octanol–water partition coefficient (Wildman–Crippen LogP) is 4.10. The Hall–Kier alpha value is -0.790. The molecule has 1 aliphatic carbocycles. The minimum atomic E-state index is -0.159. The van der Waals surface area contributed by atoms with E-state index in [2.05, 4.69) is 27.7 Å². The molecule has 0 heterocycles. The lowest BCUT2D eigenvalue weighted by Gasteiger charge is -2.32. The number of methoxy groups -OCH3 is 1. The molecule has 0 N–H and O–H groups in total. The second-order valence-corrected chi connectivity index (χ2v) is 6.45. The lowest BCUT2D eigenvalue weighted by molar-refractivity contribution is -0.124. The fraction of sp³-hybridized carbons (Fsp3) is 0.800. The number of carbonyl (C=O) groups is 1. The van der Waals surface area contributed by atoms with Crippen LogP contribution in [0.25, 0.3) is 0 Å². The van der Waals surface area contributed by atoms with Crippen LogP contribution in [0.3, 0.4) is 0 Å². The largest absolute Gasteiger partial charge is 0.500 e. The highest BCUT2D eigenvalue weighted by Gasteiger charge is 2.34. The van der Waals surface area contributed by atoms with Crippen molar-refractivity contribution >= 4 is 5.78 Å². The lowest BCUT2D eigenvalue weighted by Crippen LogP contribution is -2.30. The van der Waals surface area contributed by atoms with Crippen LogP contribution in [-0.4, -0.2) is 12.9 Å². The normalized spacial score (nSPS) is 21.1. The molecule has 1 aliphatic rings. The first-order valence-electron chi connectivity index (χ1n) is 6.60. The van der Waals surface area contributed by atoms with Gasteiger partial charge in [-0.2, -0.15) is 0 Å². The quantitative estimate of drug-likeness (QED) is 0.546. The highest BCUT2D eigenvalue weighted by atomic mass is 16.5. The van der Waals surface area contributed by atoms with Crippen molar-refractivity contribution in [2.24, 2.45) is 10.8 Å². The van der Waals surface area contributed by atoms with E-state index in [4.69, 9.17) is 4.74 Å². The molecule has 0 atom stereocenters. The highest BCUT2D eigenvalue weighted by molar-refractivity contribution is 5.95. The van der Waals surface area contributed by atoms with E-state index in [-0.39, 0.29) is 16.6 Å². The molecule has 2 heteroatoms. The Kier molecular flexibility index (Phi) is 4.40. The summed E-state index contributed by atoms with van der Waals surface area (Å²) < 4.78 is 5.36. The number of ketones is 1. The highest BCUT2D eigenvalue weighted by Crippen LogP contribution is 2.38. The molecule has 0 aromatic heterocycles. The van der Waals surface area contributed by atoms with Crippen LogP contribution in [-0.2, 0) is 9.53 Å². The van der Waals surface area contributed by atoms with Gasteiger partial charge in [0.1, 0.15) is 5.76 Å². The van der Waals surface area contributed by atoms with Crippen molar-refractivity contribution in [3.8, 4) is 0 Å². The van der Waals surface area contributed by atoms with Gasteiger partial charge in [0.15, 0.2) is 5.78 Å². The van der Waals surface area contributed by atoms with Crippen LogP contribution in [0, 0.1) is 10.8 Å². The van der Waals surface area contributed by atoms with Gasteiger partial charge in [0.25, 0.3) is 0 Å². The van der Waals surface area contributed by atoms with Crippen molar-refractivity contribution in [2.75, 3.05) is 7.11 Å². The molecule has 0 aromatic carbocycles. The predicted molar refractivity (Wildman–Crippen MR) is 70.7 cm³/mol. The number of rotatable bonds is 3. The summed E-state index contributed by atoms with van der Waals surface area (Å²) in [5.74, 6) is 1.03. The van der Waals surface area contributed by atoms with Crippen molar-refractivity contribution in [3.05, 3.63) is 11.8 Å². The fourth-order valence-corrected chi connectivity index (χ4v) is 2.45. The van der Waals surface area contributed by atoms with Crippen LogP contribution in [0.1, 0.15) is 59.8 Å². The molecule has 1 saturated carbocycles. The smallest absolute Gasteiger partial charge is 0.164 e. The third-order valence-corrected chi connectivity index (χ3v) is 3.77. The molecule has 0 amide bonds. The summed E-state index contributed by atoms with van der Waals surface area (Å²) in [6.07, 6.45) is 7.38. The zero-order valence-corrected chi connectivity index (χ0v) is 11.9. The van der Waals surface area contributed by atoms with E-state index in [0.717, 1.165) is 18.6 Å². The lowest BCUT2D eigenvalue weighted by atomic mass is 9.72. The summed E-state index contributed by atoms with van der Waals surface area (Å²) in [7, 11) is 1.65.